The molecule has 61 heavy (non-hydrogen) atoms. The molecule has 0 aliphatic heterocycles. The van der Waals surface area contributed by atoms with E-state index in [1.807, 2.05) is 48.8 Å². The Kier molecular flexibility index (Phi) is 7.31. The largest absolute Gasteiger partial charge is 0.456 e. The summed E-state index contributed by atoms with van der Waals surface area (Å²) in [5.74, 6) is 1.34. The van der Waals surface area contributed by atoms with Crippen LogP contribution in [0.2, 0.25) is 0 Å². The summed E-state index contributed by atoms with van der Waals surface area (Å²) in [7, 11) is 0. The Morgan fingerprint density at radius 3 is 1.25 bits per heavy atom. The van der Waals surface area contributed by atoms with Gasteiger partial charge in [-0.3, -0.25) is 9.80 Å². The van der Waals surface area contributed by atoms with Gasteiger partial charge in [0.2, 0.25) is 0 Å². The first-order valence-electron chi connectivity index (χ1n) is 20.0. The molecule has 13 rings (SSSR count). The van der Waals surface area contributed by atoms with Gasteiger partial charge in [-0.15, -0.1) is 0 Å². The van der Waals surface area contributed by atoms with Gasteiger partial charge in [0.1, 0.15) is 43.0 Å². The van der Waals surface area contributed by atoms with E-state index in [0.717, 1.165) is 97.8 Å². The number of thiophene rings is 1. The van der Waals surface area contributed by atoms with Crippen molar-refractivity contribution in [3.8, 4) is 0 Å². The van der Waals surface area contributed by atoms with E-state index >= 15 is 0 Å². The summed E-state index contributed by atoms with van der Waals surface area (Å²) in [5, 5.41) is 8.87. The van der Waals surface area contributed by atoms with Crippen LogP contribution in [-0.2, 0) is 0 Å². The smallest absolute Gasteiger partial charge is 0.157 e. The van der Waals surface area contributed by atoms with Crippen LogP contribution < -0.4 is 9.80 Å². The van der Waals surface area contributed by atoms with Gasteiger partial charge in [0, 0.05) is 45.1 Å². The summed E-state index contributed by atoms with van der Waals surface area (Å²) in [5.41, 5.74) is 8.44. The fourth-order valence-corrected chi connectivity index (χ4v) is 9.62. The van der Waals surface area contributed by atoms with Crippen LogP contribution in [0.5, 0.6) is 0 Å². The van der Waals surface area contributed by atoms with Gasteiger partial charge in [-0.05, 0) is 82.2 Å². The number of aromatic nitrogens is 4. The highest BCUT2D eigenvalue weighted by molar-refractivity contribution is 7.24. The molecule has 0 radical (unpaired) electrons. The van der Waals surface area contributed by atoms with Crippen LogP contribution in [0.4, 0.5) is 34.4 Å². The Balaban J connectivity index is 0.961. The van der Waals surface area contributed by atoms with Gasteiger partial charge in [0.05, 0.1) is 23.8 Å². The molecular formula is C52H30N6O2S. The van der Waals surface area contributed by atoms with Crippen molar-refractivity contribution in [1.82, 2.24) is 19.9 Å². The van der Waals surface area contributed by atoms with Gasteiger partial charge in [-0.1, -0.05) is 108 Å². The van der Waals surface area contributed by atoms with Crippen LogP contribution in [0.25, 0.3) is 86.1 Å². The topological polar surface area (TPSA) is 84.3 Å². The van der Waals surface area contributed by atoms with E-state index in [1.165, 1.54) is 11.3 Å². The second-order valence-corrected chi connectivity index (χ2v) is 16.1. The number of para-hydroxylation sites is 2. The summed E-state index contributed by atoms with van der Waals surface area (Å²) >= 11 is 1.48. The lowest BCUT2D eigenvalue weighted by Crippen LogP contribution is -2.12. The lowest BCUT2D eigenvalue weighted by atomic mass is 10.1. The maximum absolute atomic E-state index is 6.36. The van der Waals surface area contributed by atoms with E-state index in [4.69, 9.17) is 28.8 Å². The molecule has 8 nitrogen and oxygen atoms in total. The number of fused-ring (bicyclic) bond motifs is 11. The molecule has 0 saturated carbocycles. The Bertz CT molecular complexity index is 3640. The van der Waals surface area contributed by atoms with Crippen LogP contribution in [0.1, 0.15) is 0 Å². The van der Waals surface area contributed by atoms with E-state index < -0.39 is 0 Å². The monoisotopic (exact) mass is 802 g/mol. The normalized spacial score (nSPS) is 11.9. The number of furan rings is 2. The van der Waals surface area contributed by atoms with Crippen LogP contribution >= 0.6 is 11.3 Å². The van der Waals surface area contributed by atoms with Gasteiger partial charge in [0.15, 0.2) is 11.6 Å². The molecule has 5 aromatic heterocycles. The lowest BCUT2D eigenvalue weighted by molar-refractivity contribution is 0.668. The van der Waals surface area contributed by atoms with Crippen molar-refractivity contribution in [1.29, 1.82) is 0 Å². The molecular weight excluding hydrogens is 773 g/mol. The molecule has 8 aromatic carbocycles. The molecule has 5 heterocycles. The zero-order chi connectivity index (χ0) is 40.0. The summed E-state index contributed by atoms with van der Waals surface area (Å²) in [6.45, 7) is 0. The average molecular weight is 803 g/mol. The molecule has 0 N–H and O–H groups in total. The quantitative estimate of drug-likeness (QED) is 0.164. The van der Waals surface area contributed by atoms with Crippen molar-refractivity contribution < 1.29 is 8.83 Å². The van der Waals surface area contributed by atoms with Crippen LogP contribution in [-0.4, -0.2) is 19.9 Å². The number of hydrogen-bond donors (Lipinski definition) is 0. The number of hydrogen-bond acceptors (Lipinski definition) is 9. The first-order chi connectivity index (χ1) is 30.2. The number of rotatable bonds is 6. The van der Waals surface area contributed by atoms with E-state index in [0.29, 0.717) is 22.7 Å². The third-order valence-corrected chi connectivity index (χ3v) is 12.5. The van der Waals surface area contributed by atoms with Crippen LogP contribution in [0.15, 0.2) is 191 Å². The molecule has 0 spiro atoms. The van der Waals surface area contributed by atoms with Gasteiger partial charge >= 0.3 is 0 Å². The highest BCUT2D eigenvalue weighted by Gasteiger charge is 2.22. The van der Waals surface area contributed by atoms with E-state index in [9.17, 15) is 0 Å². The SMILES string of the molecule is c1ccc2cc(N(c3ccc4c(c3)oc3ccccc34)c3cnc4c(n3)sc3nc(N(c5ccc6ccccc6c5)c5ccc6c(c5)oc5ccccc56)cnc34)ccc2c1. The first kappa shape index (κ1) is 33.8. The summed E-state index contributed by atoms with van der Waals surface area (Å²) in [6, 6.07) is 58.6. The van der Waals surface area contributed by atoms with Crippen molar-refractivity contribution in [2.75, 3.05) is 9.80 Å². The molecule has 0 atom stereocenters. The maximum atomic E-state index is 6.36. The van der Waals surface area contributed by atoms with E-state index in [2.05, 4.69) is 143 Å². The fraction of sp³-hybridized carbons (Fsp3) is 0. The second-order valence-electron chi connectivity index (χ2n) is 15.2. The third-order valence-electron chi connectivity index (χ3n) is 11.6. The lowest BCUT2D eigenvalue weighted by Gasteiger charge is -2.24. The molecule has 0 amide bonds. The molecule has 0 saturated heterocycles. The van der Waals surface area contributed by atoms with E-state index in [-0.39, 0.29) is 0 Å². The standard InChI is InChI=1S/C52H30N6O2S/c1-3-11-33-25-35(19-17-31(33)9-1)57(37-21-23-41-39-13-5-7-15-43(39)59-45(41)27-37)47-29-53-49-50-52(61-51(49)55-47)56-48(30-54-50)58(36-20-18-32-10-2-4-12-34(32)26-36)38-22-24-42-40-14-6-8-16-44(40)60-46(42)28-38/h1-30H. The Hall–Kier alpha value is -8.14. The minimum absolute atomic E-state index is 0.668. The zero-order valence-electron chi connectivity index (χ0n) is 32.2. The van der Waals surface area contributed by atoms with Crippen molar-refractivity contribution in [3.05, 3.63) is 182 Å². The van der Waals surface area contributed by atoms with Crippen molar-refractivity contribution >= 4 is 132 Å². The zero-order valence-corrected chi connectivity index (χ0v) is 33.0. The molecule has 9 heteroatoms. The third kappa shape index (κ3) is 5.45. The first-order valence-corrected chi connectivity index (χ1v) is 20.8. The van der Waals surface area contributed by atoms with Gasteiger partial charge < -0.3 is 8.83 Å². The van der Waals surface area contributed by atoms with Crippen LogP contribution in [0, 0.1) is 0 Å². The number of benzene rings is 8. The highest BCUT2D eigenvalue weighted by Crippen LogP contribution is 2.42. The molecule has 286 valence electrons. The number of anilines is 6. The Labute approximate surface area is 351 Å². The van der Waals surface area contributed by atoms with Gasteiger partial charge in [0.25, 0.3) is 0 Å². The highest BCUT2D eigenvalue weighted by atomic mass is 32.1. The Morgan fingerprint density at radius 1 is 0.361 bits per heavy atom. The van der Waals surface area contributed by atoms with Gasteiger partial charge in [-0.2, -0.15) is 0 Å². The summed E-state index contributed by atoms with van der Waals surface area (Å²) in [4.78, 5) is 26.4. The molecule has 13 aromatic rings. The second kappa shape index (κ2) is 13.2. The predicted octanol–water partition coefficient (Wildman–Crippen LogP) is 14.7. The van der Waals surface area contributed by atoms with Crippen molar-refractivity contribution in [2.24, 2.45) is 0 Å². The summed E-state index contributed by atoms with van der Waals surface area (Å²) < 4.78 is 12.7. The molecule has 0 unspecified atom stereocenters. The Morgan fingerprint density at radius 2 is 0.754 bits per heavy atom. The minimum atomic E-state index is 0.668. The van der Waals surface area contributed by atoms with Crippen molar-refractivity contribution in [3.63, 3.8) is 0 Å². The number of nitrogens with zero attached hydrogens (tertiary/aromatic N) is 6. The molecule has 0 fully saturated rings. The van der Waals surface area contributed by atoms with Crippen LogP contribution in [0.3, 0.4) is 0 Å². The molecule has 0 aliphatic rings. The van der Waals surface area contributed by atoms with Crippen molar-refractivity contribution in [2.45, 2.75) is 0 Å². The average Bonchev–Trinajstić information content (AvgIpc) is 3.99. The molecule has 0 bridgehead atoms. The minimum Gasteiger partial charge on any atom is -0.456 e. The summed E-state index contributed by atoms with van der Waals surface area (Å²) in [6.07, 6.45) is 3.65. The fourth-order valence-electron chi connectivity index (χ4n) is 8.67. The predicted molar refractivity (Wildman–Crippen MR) is 249 cm³/mol. The van der Waals surface area contributed by atoms with Gasteiger partial charge in [-0.25, -0.2) is 19.9 Å². The maximum Gasteiger partial charge on any atom is 0.157 e. The van der Waals surface area contributed by atoms with E-state index in [1.54, 1.807) is 0 Å². The molecule has 0 aliphatic carbocycles.